The molecule has 6 nitrogen and oxygen atoms in total. The van der Waals surface area contributed by atoms with Crippen LogP contribution in [0.25, 0.3) is 5.65 Å². The molecular weight excluding hydrogens is 427 g/mol. The number of halogens is 3. The molecule has 0 aliphatic heterocycles. The molecule has 0 N–H and O–H groups in total. The third kappa shape index (κ3) is 4.62. The van der Waals surface area contributed by atoms with Gasteiger partial charge in [0.25, 0.3) is 0 Å². The number of ether oxygens (including phenoxy) is 1. The fraction of sp³-hybridized carbons (Fsp3) is 0.353. The van der Waals surface area contributed by atoms with E-state index in [-0.39, 0.29) is 5.15 Å². The molecule has 0 bridgehead atoms. The molecule has 2 aromatic rings. The molecule has 2 aromatic heterocycles. The van der Waals surface area contributed by atoms with E-state index in [1.165, 1.54) is 27.8 Å². The summed E-state index contributed by atoms with van der Waals surface area (Å²) in [4.78, 5) is 18.4. The molecule has 2 rings (SSSR count). The average Bonchev–Trinajstić information content (AvgIpc) is 2.87. The van der Waals surface area contributed by atoms with Crippen molar-refractivity contribution in [1.29, 1.82) is 0 Å². The molecule has 2 heterocycles. The topological polar surface area (TPSA) is 59.7 Å². The molecule has 0 saturated heterocycles. The van der Waals surface area contributed by atoms with Gasteiger partial charge in [0.05, 0.1) is 11.9 Å². The molecule has 0 fully saturated rings. The van der Waals surface area contributed by atoms with Gasteiger partial charge in [-0.05, 0) is 55.8 Å². The number of nitrogens with zero attached hydrogens (tertiary/aromatic N) is 4. The second-order valence-corrected chi connectivity index (χ2v) is 7.47. The maximum absolute atomic E-state index is 13.1. The molecule has 26 heavy (non-hydrogen) atoms. The predicted molar refractivity (Wildman–Crippen MR) is 103 cm³/mol. The Kier molecular flexibility index (Phi) is 6.41. The van der Waals surface area contributed by atoms with Crippen molar-refractivity contribution < 1.29 is 13.9 Å². The Morgan fingerprint density at radius 2 is 2.19 bits per heavy atom. The highest BCUT2D eigenvalue weighted by molar-refractivity contribution is 9.10. The van der Waals surface area contributed by atoms with Crippen LogP contribution in [0.15, 0.2) is 40.8 Å². The van der Waals surface area contributed by atoms with Crippen molar-refractivity contribution in [2.45, 2.75) is 33.3 Å². The van der Waals surface area contributed by atoms with E-state index < -0.39 is 18.4 Å². The first-order valence-corrected chi connectivity index (χ1v) is 8.96. The number of carbonyl (C=O) groups excluding carboxylic acids is 1. The van der Waals surface area contributed by atoms with Crippen molar-refractivity contribution in [2.75, 3.05) is 11.6 Å². The Bertz CT molecular complexity index is 874. The molecule has 0 saturated carbocycles. The number of alkyl halides is 1. The van der Waals surface area contributed by atoms with Crippen molar-refractivity contribution in [3.8, 4) is 0 Å². The van der Waals surface area contributed by atoms with Crippen LogP contribution in [-0.4, -0.2) is 33.0 Å². The molecular formula is C17H19BrClFN4O2. The van der Waals surface area contributed by atoms with Crippen LogP contribution in [0, 0.1) is 0 Å². The van der Waals surface area contributed by atoms with Crippen molar-refractivity contribution in [1.82, 2.24) is 14.6 Å². The lowest BCUT2D eigenvalue weighted by Gasteiger charge is -2.28. The molecule has 140 valence electrons. The van der Waals surface area contributed by atoms with E-state index in [0.29, 0.717) is 21.6 Å². The van der Waals surface area contributed by atoms with E-state index in [1.807, 2.05) is 0 Å². The summed E-state index contributed by atoms with van der Waals surface area (Å²) in [6.07, 6.45) is 5.42. The van der Waals surface area contributed by atoms with E-state index in [2.05, 4.69) is 26.0 Å². The lowest BCUT2D eigenvalue weighted by atomic mass is 10.2. The van der Waals surface area contributed by atoms with E-state index in [9.17, 15) is 9.18 Å². The zero-order chi connectivity index (χ0) is 19.5. The quantitative estimate of drug-likeness (QED) is 0.598. The van der Waals surface area contributed by atoms with Gasteiger partial charge in [-0.2, -0.15) is 5.10 Å². The summed E-state index contributed by atoms with van der Waals surface area (Å²) in [6, 6.07) is 1.48. The summed E-state index contributed by atoms with van der Waals surface area (Å²) in [7, 11) is 0. The van der Waals surface area contributed by atoms with E-state index >= 15 is 0 Å². The van der Waals surface area contributed by atoms with Gasteiger partial charge in [0.2, 0.25) is 0 Å². The molecule has 0 aromatic carbocycles. The molecule has 9 heteroatoms. The smallest absolute Gasteiger partial charge is 0.419 e. The monoisotopic (exact) mass is 444 g/mol. The number of aromatic nitrogens is 3. The zero-order valence-electron chi connectivity index (χ0n) is 14.8. The molecule has 0 spiro atoms. The van der Waals surface area contributed by atoms with Crippen LogP contribution in [0.2, 0.25) is 5.15 Å². The Morgan fingerprint density at radius 3 is 2.77 bits per heavy atom. The Morgan fingerprint density at radius 1 is 1.50 bits per heavy atom. The molecule has 0 aliphatic carbocycles. The van der Waals surface area contributed by atoms with Crippen LogP contribution < -0.4 is 4.90 Å². The summed E-state index contributed by atoms with van der Waals surface area (Å²) in [5.74, 6) is 0. The third-order valence-corrected chi connectivity index (χ3v) is 3.80. The number of carbonyl (C=O) groups is 1. The van der Waals surface area contributed by atoms with E-state index in [0.717, 1.165) is 0 Å². The number of amides is 1. The number of rotatable bonds is 4. The zero-order valence-corrected chi connectivity index (χ0v) is 17.2. The Labute approximate surface area is 164 Å². The van der Waals surface area contributed by atoms with Crippen molar-refractivity contribution >= 4 is 45.0 Å². The number of hydrogen-bond donors (Lipinski definition) is 0. The number of allylic oxidation sites excluding steroid dienone is 3. The van der Waals surface area contributed by atoms with Crippen LogP contribution in [0.4, 0.5) is 14.9 Å². The summed E-state index contributed by atoms with van der Waals surface area (Å²) >= 11 is 9.45. The standard InChI is InChI=1S/C17H19BrClFN4O2/c1-5-6-11(7-8-20)23(16(25)26-17(2,3)4)12-9-14(19)22-24-13(18)10-21-15(12)24/h5-7,9-10H,8H2,1-4H3/b6-5-,11-7+. The van der Waals surface area contributed by atoms with Crippen LogP contribution in [-0.2, 0) is 4.74 Å². The minimum absolute atomic E-state index is 0.139. The van der Waals surface area contributed by atoms with Crippen LogP contribution in [0.5, 0.6) is 0 Å². The number of imidazole rings is 1. The van der Waals surface area contributed by atoms with E-state index in [4.69, 9.17) is 16.3 Å². The van der Waals surface area contributed by atoms with Gasteiger partial charge >= 0.3 is 6.09 Å². The summed E-state index contributed by atoms with van der Waals surface area (Å²) in [6.45, 7) is 6.25. The maximum Gasteiger partial charge on any atom is 0.419 e. The van der Waals surface area contributed by atoms with Gasteiger partial charge in [-0.15, -0.1) is 0 Å². The van der Waals surface area contributed by atoms with Crippen LogP contribution in [0.3, 0.4) is 0 Å². The summed E-state index contributed by atoms with van der Waals surface area (Å²) in [5, 5.41) is 4.28. The fourth-order valence-corrected chi connectivity index (χ4v) is 2.72. The number of fused-ring (bicyclic) bond motifs is 1. The number of anilines is 1. The molecule has 1 amide bonds. The minimum Gasteiger partial charge on any atom is -0.443 e. The average molecular weight is 446 g/mol. The minimum atomic E-state index is -0.758. The highest BCUT2D eigenvalue weighted by Crippen LogP contribution is 2.30. The SMILES string of the molecule is C/C=C\C(=C/CF)N(C(=O)OC(C)(C)C)c1cc(Cl)nn2c(Br)cnc12. The van der Waals surface area contributed by atoms with Gasteiger partial charge in [-0.3, -0.25) is 0 Å². The van der Waals surface area contributed by atoms with Crippen molar-refractivity contribution in [3.05, 3.63) is 45.9 Å². The number of hydrogen-bond acceptors (Lipinski definition) is 4. The third-order valence-electron chi connectivity index (χ3n) is 3.08. The molecule has 0 aliphatic rings. The van der Waals surface area contributed by atoms with Gasteiger partial charge in [-0.1, -0.05) is 17.7 Å². The second kappa shape index (κ2) is 8.18. The van der Waals surface area contributed by atoms with Gasteiger partial charge in [0.1, 0.15) is 22.6 Å². The first-order chi connectivity index (χ1) is 12.2. The van der Waals surface area contributed by atoms with E-state index in [1.54, 1.807) is 39.8 Å². The van der Waals surface area contributed by atoms with Gasteiger partial charge in [-0.25, -0.2) is 23.6 Å². The van der Waals surface area contributed by atoms with Crippen molar-refractivity contribution in [3.63, 3.8) is 0 Å². The summed E-state index contributed by atoms with van der Waals surface area (Å²) in [5.41, 5.74) is 0.242. The lowest BCUT2D eigenvalue weighted by Crippen LogP contribution is -2.36. The second-order valence-electron chi connectivity index (χ2n) is 6.27. The van der Waals surface area contributed by atoms with Crippen molar-refractivity contribution in [2.24, 2.45) is 0 Å². The highest BCUT2D eigenvalue weighted by atomic mass is 79.9. The summed E-state index contributed by atoms with van der Waals surface area (Å²) < 4.78 is 20.6. The maximum atomic E-state index is 13.1. The Balaban J connectivity index is 2.72. The Hall–Kier alpha value is -1.93. The lowest BCUT2D eigenvalue weighted by molar-refractivity contribution is 0.0593. The normalized spacial score (nSPS) is 12.8. The first kappa shape index (κ1) is 20.4. The first-order valence-electron chi connectivity index (χ1n) is 7.79. The highest BCUT2D eigenvalue weighted by Gasteiger charge is 2.28. The van der Waals surface area contributed by atoms with Gasteiger partial charge < -0.3 is 4.74 Å². The van der Waals surface area contributed by atoms with Gasteiger partial charge in [0, 0.05) is 6.07 Å². The van der Waals surface area contributed by atoms with Gasteiger partial charge in [0.15, 0.2) is 10.8 Å². The molecule has 0 atom stereocenters. The van der Waals surface area contributed by atoms with Crippen LogP contribution >= 0.6 is 27.5 Å². The molecule has 0 unspecified atom stereocenters. The van der Waals surface area contributed by atoms with Crippen LogP contribution in [0.1, 0.15) is 27.7 Å². The fourth-order valence-electron chi connectivity index (χ4n) is 2.20. The molecule has 0 radical (unpaired) electrons. The predicted octanol–water partition coefficient (Wildman–Crippen LogP) is 5.32. The largest absolute Gasteiger partial charge is 0.443 e.